The summed E-state index contributed by atoms with van der Waals surface area (Å²) in [5.41, 5.74) is 0.913. The molecule has 1 aromatic carbocycles. The molecule has 27 heavy (non-hydrogen) atoms. The Bertz CT molecular complexity index is 638. The molecule has 1 saturated carbocycles. The summed E-state index contributed by atoms with van der Waals surface area (Å²) in [6, 6.07) is 6.69. The maximum Gasteiger partial charge on any atom is 0.303 e. The second kappa shape index (κ2) is 10.5. The molecule has 1 aliphatic rings. The van der Waals surface area contributed by atoms with Crippen LogP contribution in [0.5, 0.6) is 5.75 Å². The number of carboxylic acids is 1. The van der Waals surface area contributed by atoms with Crippen LogP contribution in [0, 0.1) is 5.92 Å². The predicted octanol–water partition coefficient (Wildman–Crippen LogP) is 2.24. The van der Waals surface area contributed by atoms with Crippen LogP contribution in [0.2, 0.25) is 0 Å². The van der Waals surface area contributed by atoms with E-state index in [1.807, 2.05) is 12.1 Å². The lowest BCUT2D eigenvalue weighted by Gasteiger charge is -2.17. The summed E-state index contributed by atoms with van der Waals surface area (Å²) in [6.07, 6.45) is 4.52. The van der Waals surface area contributed by atoms with Crippen LogP contribution < -0.4 is 15.4 Å². The van der Waals surface area contributed by atoms with Crippen LogP contribution >= 0.6 is 0 Å². The molecule has 3 N–H and O–H groups in total. The highest BCUT2D eigenvalue weighted by atomic mass is 16.5. The molecule has 7 heteroatoms. The van der Waals surface area contributed by atoms with E-state index in [1.165, 1.54) is 0 Å². The highest BCUT2D eigenvalue weighted by Crippen LogP contribution is 2.24. The van der Waals surface area contributed by atoms with Crippen LogP contribution in [0.15, 0.2) is 24.3 Å². The summed E-state index contributed by atoms with van der Waals surface area (Å²) < 4.78 is 5.47. The minimum atomic E-state index is -0.835. The molecule has 0 spiro atoms. The van der Waals surface area contributed by atoms with Gasteiger partial charge in [0.15, 0.2) is 0 Å². The first kappa shape index (κ1) is 20.7. The Morgan fingerprint density at radius 3 is 2.48 bits per heavy atom. The van der Waals surface area contributed by atoms with E-state index in [9.17, 15) is 14.4 Å². The lowest BCUT2D eigenvalue weighted by molar-refractivity contribution is -0.137. The maximum absolute atomic E-state index is 12.2. The van der Waals surface area contributed by atoms with Gasteiger partial charge in [0.05, 0.1) is 6.61 Å². The van der Waals surface area contributed by atoms with Crippen molar-refractivity contribution >= 4 is 17.8 Å². The van der Waals surface area contributed by atoms with Crippen LogP contribution in [0.25, 0.3) is 0 Å². The molecular weight excluding hydrogens is 348 g/mol. The Morgan fingerprint density at radius 2 is 1.85 bits per heavy atom. The van der Waals surface area contributed by atoms with E-state index in [1.54, 1.807) is 19.1 Å². The zero-order valence-corrected chi connectivity index (χ0v) is 15.7. The fourth-order valence-corrected chi connectivity index (χ4v) is 3.04. The van der Waals surface area contributed by atoms with Crippen molar-refractivity contribution < 1.29 is 24.2 Å². The highest BCUT2D eigenvalue weighted by molar-refractivity contribution is 5.88. The van der Waals surface area contributed by atoms with E-state index in [4.69, 9.17) is 9.84 Å². The van der Waals surface area contributed by atoms with Crippen LogP contribution in [0.1, 0.15) is 51.0 Å². The van der Waals surface area contributed by atoms with Crippen molar-refractivity contribution in [1.82, 2.24) is 10.6 Å². The summed E-state index contributed by atoms with van der Waals surface area (Å²) in [6.45, 7) is 2.40. The third kappa shape index (κ3) is 7.29. The van der Waals surface area contributed by atoms with Crippen LogP contribution in [0.4, 0.5) is 0 Å². The molecule has 1 unspecified atom stereocenters. The van der Waals surface area contributed by atoms with Crippen molar-refractivity contribution in [1.29, 1.82) is 0 Å². The SMILES string of the molecule is CC(NC(=O)C1CCCC1)C(=O)NCc1ccc(OCCCC(=O)O)cc1. The van der Waals surface area contributed by atoms with Crippen LogP contribution in [-0.4, -0.2) is 35.5 Å². The molecule has 1 aliphatic carbocycles. The summed E-state index contributed by atoms with van der Waals surface area (Å²) in [4.78, 5) is 34.7. The van der Waals surface area contributed by atoms with E-state index in [0.717, 1.165) is 31.2 Å². The molecule has 1 atom stereocenters. The van der Waals surface area contributed by atoms with Crippen molar-refractivity contribution in [2.75, 3.05) is 6.61 Å². The Labute approximate surface area is 159 Å². The van der Waals surface area contributed by atoms with Crippen LogP contribution in [0.3, 0.4) is 0 Å². The molecule has 2 rings (SSSR count). The van der Waals surface area contributed by atoms with Gasteiger partial charge in [0, 0.05) is 18.9 Å². The van der Waals surface area contributed by atoms with Gasteiger partial charge in [-0.3, -0.25) is 14.4 Å². The smallest absolute Gasteiger partial charge is 0.303 e. The normalized spacial score (nSPS) is 15.1. The first-order chi connectivity index (χ1) is 13.0. The second-order valence-corrected chi connectivity index (χ2v) is 6.92. The number of amides is 2. The number of aliphatic carboxylic acids is 1. The number of carboxylic acid groups (broad SMARTS) is 1. The Balaban J connectivity index is 1.69. The van der Waals surface area contributed by atoms with Gasteiger partial charge in [0.25, 0.3) is 0 Å². The molecule has 0 saturated heterocycles. The third-order valence-electron chi connectivity index (χ3n) is 4.67. The van der Waals surface area contributed by atoms with Gasteiger partial charge in [0.2, 0.25) is 11.8 Å². The van der Waals surface area contributed by atoms with Gasteiger partial charge in [-0.15, -0.1) is 0 Å². The van der Waals surface area contributed by atoms with Crippen molar-refractivity contribution in [3.8, 4) is 5.75 Å². The lowest BCUT2D eigenvalue weighted by atomic mass is 10.1. The predicted molar refractivity (Wildman–Crippen MR) is 100 cm³/mol. The van der Waals surface area contributed by atoms with Gasteiger partial charge in [-0.25, -0.2) is 0 Å². The quantitative estimate of drug-likeness (QED) is 0.543. The molecular formula is C20H28N2O5. The van der Waals surface area contributed by atoms with E-state index < -0.39 is 12.0 Å². The van der Waals surface area contributed by atoms with Crippen molar-refractivity contribution in [2.45, 2.75) is 58.0 Å². The number of rotatable bonds is 10. The first-order valence-corrected chi connectivity index (χ1v) is 9.47. The average molecular weight is 376 g/mol. The molecule has 7 nitrogen and oxygen atoms in total. The molecule has 0 aromatic heterocycles. The standard InChI is InChI=1S/C20H28N2O5/c1-14(22-20(26)16-5-2-3-6-16)19(25)21-13-15-8-10-17(11-9-15)27-12-4-7-18(23)24/h8-11,14,16H,2-7,12-13H2,1H3,(H,21,25)(H,22,26)(H,23,24). The second-order valence-electron chi connectivity index (χ2n) is 6.92. The van der Waals surface area contributed by atoms with E-state index >= 15 is 0 Å². The highest BCUT2D eigenvalue weighted by Gasteiger charge is 2.25. The Hall–Kier alpha value is -2.57. The van der Waals surface area contributed by atoms with E-state index in [2.05, 4.69) is 10.6 Å². The largest absolute Gasteiger partial charge is 0.494 e. The van der Waals surface area contributed by atoms with Crippen LogP contribution in [-0.2, 0) is 20.9 Å². The van der Waals surface area contributed by atoms with Crippen molar-refractivity contribution in [3.05, 3.63) is 29.8 Å². The van der Waals surface area contributed by atoms with Gasteiger partial charge in [0.1, 0.15) is 11.8 Å². The molecule has 0 aliphatic heterocycles. The molecule has 0 bridgehead atoms. The van der Waals surface area contributed by atoms with Gasteiger partial charge in [-0.1, -0.05) is 25.0 Å². The lowest BCUT2D eigenvalue weighted by Crippen LogP contribution is -2.46. The number of ether oxygens (including phenoxy) is 1. The number of carbonyl (C=O) groups excluding carboxylic acids is 2. The zero-order chi connectivity index (χ0) is 19.6. The van der Waals surface area contributed by atoms with E-state index in [0.29, 0.717) is 25.3 Å². The minimum absolute atomic E-state index is 0.0282. The minimum Gasteiger partial charge on any atom is -0.494 e. The van der Waals surface area contributed by atoms with Gasteiger partial charge >= 0.3 is 5.97 Å². The zero-order valence-electron chi connectivity index (χ0n) is 15.7. The Kier molecular flexibility index (Phi) is 8.10. The number of benzene rings is 1. The van der Waals surface area contributed by atoms with Crippen molar-refractivity contribution in [3.63, 3.8) is 0 Å². The monoisotopic (exact) mass is 376 g/mol. The molecule has 0 heterocycles. The fourth-order valence-electron chi connectivity index (χ4n) is 3.04. The van der Waals surface area contributed by atoms with Gasteiger partial charge < -0.3 is 20.5 Å². The average Bonchev–Trinajstić information content (AvgIpc) is 3.19. The molecule has 2 amide bonds. The van der Waals surface area contributed by atoms with Gasteiger partial charge in [-0.2, -0.15) is 0 Å². The van der Waals surface area contributed by atoms with Gasteiger partial charge in [-0.05, 0) is 43.9 Å². The fraction of sp³-hybridized carbons (Fsp3) is 0.550. The molecule has 1 fully saturated rings. The topological polar surface area (TPSA) is 105 Å². The third-order valence-corrected chi connectivity index (χ3v) is 4.67. The Morgan fingerprint density at radius 1 is 1.19 bits per heavy atom. The van der Waals surface area contributed by atoms with E-state index in [-0.39, 0.29) is 24.2 Å². The summed E-state index contributed by atoms with van der Waals surface area (Å²) >= 11 is 0. The number of hydrogen-bond donors (Lipinski definition) is 3. The number of hydrogen-bond acceptors (Lipinski definition) is 4. The first-order valence-electron chi connectivity index (χ1n) is 9.47. The summed E-state index contributed by atoms with van der Waals surface area (Å²) in [7, 11) is 0. The van der Waals surface area contributed by atoms with Crippen molar-refractivity contribution in [2.24, 2.45) is 5.92 Å². The summed E-state index contributed by atoms with van der Waals surface area (Å²) in [5, 5.41) is 14.2. The molecule has 148 valence electrons. The molecule has 1 aromatic rings. The molecule has 0 radical (unpaired) electrons. The number of nitrogens with one attached hydrogen (secondary N) is 2. The number of carbonyl (C=O) groups is 3. The summed E-state index contributed by atoms with van der Waals surface area (Å²) in [5.74, 6) is -0.371. The maximum atomic E-state index is 12.2.